The number of carbonyl (C=O) groups is 1. The van der Waals surface area contributed by atoms with Crippen LogP contribution in [0, 0.1) is 17.6 Å². The lowest BCUT2D eigenvalue weighted by atomic mass is 9.91. The molecule has 1 heterocycles. The number of amides is 1. The van der Waals surface area contributed by atoms with Crippen LogP contribution < -0.4 is 5.32 Å². The third kappa shape index (κ3) is 2.21. The number of rotatable bonds is 2. The molecule has 0 bridgehead atoms. The molecule has 1 N–H and O–H groups in total. The summed E-state index contributed by atoms with van der Waals surface area (Å²) in [7, 11) is 0. The van der Waals surface area contributed by atoms with Crippen molar-refractivity contribution in [3.8, 4) is 0 Å². The summed E-state index contributed by atoms with van der Waals surface area (Å²) in [6, 6.07) is 3.77. The molecule has 4 heteroatoms. The number of halogens is 2. The van der Waals surface area contributed by atoms with Gasteiger partial charge in [0.2, 0.25) is 5.91 Å². The Hall–Kier alpha value is -1.45. The van der Waals surface area contributed by atoms with E-state index in [1.165, 1.54) is 18.2 Å². The lowest BCUT2D eigenvalue weighted by molar-refractivity contribution is -0.126. The topological polar surface area (TPSA) is 29.1 Å². The van der Waals surface area contributed by atoms with Gasteiger partial charge in [-0.25, -0.2) is 8.78 Å². The Morgan fingerprint density at radius 3 is 2.62 bits per heavy atom. The highest BCUT2D eigenvalue weighted by Crippen LogP contribution is 2.21. The Labute approximate surface area is 92.7 Å². The summed E-state index contributed by atoms with van der Waals surface area (Å²) in [6.07, 6.45) is 1.70. The highest BCUT2D eigenvalue weighted by Gasteiger charge is 2.24. The molecule has 0 saturated carbocycles. The maximum Gasteiger partial charge on any atom is 0.223 e. The zero-order valence-electron chi connectivity index (χ0n) is 8.80. The molecule has 1 saturated heterocycles. The van der Waals surface area contributed by atoms with Crippen LogP contribution in [-0.2, 0) is 11.2 Å². The fourth-order valence-electron chi connectivity index (χ4n) is 2.00. The van der Waals surface area contributed by atoms with Gasteiger partial charge >= 0.3 is 0 Å². The van der Waals surface area contributed by atoms with Crippen molar-refractivity contribution in [2.24, 2.45) is 5.92 Å². The van der Waals surface area contributed by atoms with Crippen molar-refractivity contribution in [1.29, 1.82) is 0 Å². The third-order valence-electron chi connectivity index (χ3n) is 2.91. The van der Waals surface area contributed by atoms with Gasteiger partial charge in [-0.05, 0) is 31.4 Å². The van der Waals surface area contributed by atoms with Crippen molar-refractivity contribution in [3.63, 3.8) is 0 Å². The van der Waals surface area contributed by atoms with Gasteiger partial charge in [0.15, 0.2) is 0 Å². The highest BCUT2D eigenvalue weighted by molar-refractivity contribution is 5.79. The average molecular weight is 225 g/mol. The Morgan fingerprint density at radius 2 is 2.00 bits per heavy atom. The van der Waals surface area contributed by atoms with Crippen LogP contribution in [0.2, 0.25) is 0 Å². The number of piperidine rings is 1. The first-order chi connectivity index (χ1) is 7.68. The second kappa shape index (κ2) is 4.60. The molecule has 0 aromatic heterocycles. The van der Waals surface area contributed by atoms with E-state index in [1.54, 1.807) is 0 Å². The Kier molecular flexibility index (Phi) is 3.17. The van der Waals surface area contributed by atoms with Gasteiger partial charge in [0.25, 0.3) is 0 Å². The van der Waals surface area contributed by atoms with Gasteiger partial charge in [-0.15, -0.1) is 0 Å². The minimum atomic E-state index is -0.571. The number of hydrogen-bond acceptors (Lipinski definition) is 1. The Morgan fingerprint density at radius 1 is 1.31 bits per heavy atom. The van der Waals surface area contributed by atoms with Crippen LogP contribution in [0.3, 0.4) is 0 Å². The number of carbonyl (C=O) groups excluding carboxylic acids is 1. The zero-order chi connectivity index (χ0) is 11.5. The largest absolute Gasteiger partial charge is 0.356 e. The van der Waals surface area contributed by atoms with Crippen LogP contribution in [0.1, 0.15) is 18.4 Å². The molecule has 1 amide bonds. The first-order valence-electron chi connectivity index (χ1n) is 5.39. The van der Waals surface area contributed by atoms with Gasteiger partial charge in [0, 0.05) is 18.0 Å². The summed E-state index contributed by atoms with van der Waals surface area (Å²) in [4.78, 5) is 11.5. The van der Waals surface area contributed by atoms with E-state index in [0.717, 1.165) is 6.42 Å². The predicted octanol–water partition coefficient (Wildman–Crippen LogP) is 2.03. The maximum atomic E-state index is 13.4. The lowest BCUT2D eigenvalue weighted by Crippen LogP contribution is -2.37. The number of nitrogens with one attached hydrogen (secondary N) is 1. The monoisotopic (exact) mass is 225 g/mol. The van der Waals surface area contributed by atoms with Crippen molar-refractivity contribution < 1.29 is 13.6 Å². The van der Waals surface area contributed by atoms with E-state index in [2.05, 4.69) is 5.32 Å². The van der Waals surface area contributed by atoms with Crippen LogP contribution >= 0.6 is 0 Å². The van der Waals surface area contributed by atoms with Crippen LogP contribution in [0.5, 0.6) is 0 Å². The van der Waals surface area contributed by atoms with Crippen LogP contribution in [0.25, 0.3) is 0 Å². The third-order valence-corrected chi connectivity index (χ3v) is 2.91. The fourth-order valence-corrected chi connectivity index (χ4v) is 2.00. The molecular weight excluding hydrogens is 212 g/mol. The molecule has 1 unspecified atom stereocenters. The summed E-state index contributed by atoms with van der Waals surface area (Å²) in [5.74, 6) is -1.55. The summed E-state index contributed by atoms with van der Waals surface area (Å²) in [6.45, 7) is 0.662. The zero-order valence-corrected chi connectivity index (χ0v) is 8.80. The van der Waals surface area contributed by atoms with Gasteiger partial charge < -0.3 is 5.32 Å². The molecule has 0 aliphatic carbocycles. The van der Waals surface area contributed by atoms with E-state index < -0.39 is 11.6 Å². The normalized spacial score (nSPS) is 20.6. The highest BCUT2D eigenvalue weighted by atomic mass is 19.1. The first kappa shape index (κ1) is 11.0. The van der Waals surface area contributed by atoms with E-state index in [4.69, 9.17) is 0 Å². The van der Waals surface area contributed by atoms with E-state index in [1.807, 2.05) is 0 Å². The maximum absolute atomic E-state index is 13.4. The van der Waals surface area contributed by atoms with Gasteiger partial charge in [-0.2, -0.15) is 0 Å². The number of hydrogen-bond donors (Lipinski definition) is 1. The van der Waals surface area contributed by atoms with Crippen LogP contribution in [0.4, 0.5) is 8.78 Å². The predicted molar refractivity (Wildman–Crippen MR) is 55.8 cm³/mol. The summed E-state index contributed by atoms with van der Waals surface area (Å²) in [5.41, 5.74) is 0.0181. The van der Waals surface area contributed by atoms with Crippen LogP contribution in [0.15, 0.2) is 18.2 Å². The van der Waals surface area contributed by atoms with Crippen molar-refractivity contribution in [3.05, 3.63) is 35.4 Å². The minimum Gasteiger partial charge on any atom is -0.356 e. The molecule has 1 aromatic rings. The molecule has 16 heavy (non-hydrogen) atoms. The molecule has 1 aliphatic heterocycles. The molecule has 0 radical (unpaired) electrons. The standard InChI is InChI=1S/C12H13F2NO/c13-10-4-1-5-11(14)9(10)7-8-3-2-6-15-12(8)16/h1,4-5,8H,2-3,6-7H2,(H,15,16). The summed E-state index contributed by atoms with van der Waals surface area (Å²) >= 11 is 0. The molecular formula is C12H13F2NO. The molecule has 1 atom stereocenters. The quantitative estimate of drug-likeness (QED) is 0.819. The van der Waals surface area contributed by atoms with Crippen molar-refractivity contribution >= 4 is 5.91 Å². The SMILES string of the molecule is O=C1NCCCC1Cc1c(F)cccc1F. The van der Waals surface area contributed by atoms with Gasteiger partial charge in [0.05, 0.1) is 0 Å². The second-order valence-electron chi connectivity index (χ2n) is 4.03. The average Bonchev–Trinajstić information content (AvgIpc) is 2.26. The minimum absolute atomic E-state index is 0.0181. The number of benzene rings is 1. The van der Waals surface area contributed by atoms with E-state index in [0.29, 0.717) is 13.0 Å². The molecule has 1 aromatic carbocycles. The molecule has 2 nitrogen and oxygen atoms in total. The molecule has 86 valence electrons. The van der Waals surface area contributed by atoms with E-state index in [-0.39, 0.29) is 23.8 Å². The molecule has 1 fully saturated rings. The Balaban J connectivity index is 2.16. The second-order valence-corrected chi connectivity index (χ2v) is 4.03. The van der Waals surface area contributed by atoms with Gasteiger partial charge in [-0.1, -0.05) is 6.07 Å². The fraction of sp³-hybridized carbons (Fsp3) is 0.417. The summed E-state index contributed by atoms with van der Waals surface area (Å²) < 4.78 is 26.7. The molecule has 1 aliphatic rings. The van der Waals surface area contributed by atoms with Gasteiger partial charge in [0.1, 0.15) is 11.6 Å². The van der Waals surface area contributed by atoms with Crippen molar-refractivity contribution in [2.75, 3.05) is 6.54 Å². The van der Waals surface area contributed by atoms with E-state index >= 15 is 0 Å². The van der Waals surface area contributed by atoms with Crippen LogP contribution in [-0.4, -0.2) is 12.5 Å². The van der Waals surface area contributed by atoms with E-state index in [9.17, 15) is 13.6 Å². The van der Waals surface area contributed by atoms with Crippen molar-refractivity contribution in [2.45, 2.75) is 19.3 Å². The molecule has 2 rings (SSSR count). The van der Waals surface area contributed by atoms with Crippen molar-refractivity contribution in [1.82, 2.24) is 5.32 Å². The Bertz CT molecular complexity index is 386. The smallest absolute Gasteiger partial charge is 0.223 e. The van der Waals surface area contributed by atoms with Gasteiger partial charge in [-0.3, -0.25) is 4.79 Å². The molecule has 0 spiro atoms. The summed E-state index contributed by atoms with van der Waals surface area (Å²) in [5, 5.41) is 2.71. The lowest BCUT2D eigenvalue weighted by Gasteiger charge is -2.22. The first-order valence-corrected chi connectivity index (χ1v) is 5.39.